The molecule has 2 fully saturated rings. The molecule has 1 aliphatic carbocycles. The van der Waals surface area contributed by atoms with Crippen molar-refractivity contribution >= 4 is 5.91 Å². The van der Waals surface area contributed by atoms with E-state index in [1.54, 1.807) is 0 Å². The lowest BCUT2D eigenvalue weighted by molar-refractivity contribution is -0.132. The van der Waals surface area contributed by atoms with E-state index >= 15 is 0 Å². The molecule has 1 N–H and O–H groups in total. The van der Waals surface area contributed by atoms with E-state index in [4.69, 9.17) is 0 Å². The summed E-state index contributed by atoms with van der Waals surface area (Å²) >= 11 is 0. The van der Waals surface area contributed by atoms with Crippen LogP contribution >= 0.6 is 0 Å². The van der Waals surface area contributed by atoms with Crippen molar-refractivity contribution in [2.24, 2.45) is 5.41 Å². The van der Waals surface area contributed by atoms with Gasteiger partial charge in [-0.25, -0.2) is 0 Å². The summed E-state index contributed by atoms with van der Waals surface area (Å²) < 4.78 is 0. The van der Waals surface area contributed by atoms with Crippen molar-refractivity contribution < 1.29 is 9.90 Å². The standard InChI is InChI=1S/C11H19NO2/c1-2-10(14)12-7-6-11(8-13)5-3-4-9(11)12/h9,13H,2-8H2,1H3/t9-,11-/m1/s1. The summed E-state index contributed by atoms with van der Waals surface area (Å²) in [6, 6.07) is 0.333. The SMILES string of the molecule is CCC(=O)N1CC[C@@]2(CO)CCC[C@@H]12. The smallest absolute Gasteiger partial charge is 0.222 e. The molecule has 1 heterocycles. The van der Waals surface area contributed by atoms with Gasteiger partial charge in [-0.2, -0.15) is 0 Å². The lowest BCUT2D eigenvalue weighted by Gasteiger charge is -2.30. The fourth-order valence-electron chi connectivity index (χ4n) is 3.16. The van der Waals surface area contributed by atoms with Crippen molar-refractivity contribution in [1.82, 2.24) is 4.90 Å². The minimum Gasteiger partial charge on any atom is -0.396 e. The first-order valence-corrected chi connectivity index (χ1v) is 5.64. The zero-order valence-corrected chi connectivity index (χ0v) is 8.83. The van der Waals surface area contributed by atoms with Crippen LogP contribution in [0.1, 0.15) is 39.0 Å². The van der Waals surface area contributed by atoms with Gasteiger partial charge in [0.05, 0.1) is 6.61 Å². The molecule has 2 rings (SSSR count). The molecule has 0 bridgehead atoms. The third-order valence-corrected chi connectivity index (χ3v) is 4.02. The van der Waals surface area contributed by atoms with Gasteiger partial charge >= 0.3 is 0 Å². The monoisotopic (exact) mass is 197 g/mol. The normalized spacial score (nSPS) is 36.1. The maximum atomic E-state index is 11.7. The number of nitrogens with zero attached hydrogens (tertiary/aromatic N) is 1. The number of fused-ring (bicyclic) bond motifs is 1. The van der Waals surface area contributed by atoms with Gasteiger partial charge in [0.1, 0.15) is 0 Å². The Labute approximate surface area is 85.1 Å². The highest BCUT2D eigenvalue weighted by atomic mass is 16.3. The van der Waals surface area contributed by atoms with Crippen molar-refractivity contribution in [2.75, 3.05) is 13.2 Å². The number of hydrogen-bond donors (Lipinski definition) is 1. The number of amides is 1. The first-order chi connectivity index (χ1) is 6.73. The van der Waals surface area contributed by atoms with Crippen LogP contribution in [0.2, 0.25) is 0 Å². The molecule has 0 aromatic carbocycles. The maximum absolute atomic E-state index is 11.7. The van der Waals surface area contributed by atoms with Gasteiger partial charge in [0, 0.05) is 24.4 Å². The largest absolute Gasteiger partial charge is 0.396 e. The van der Waals surface area contributed by atoms with Crippen molar-refractivity contribution in [2.45, 2.75) is 45.1 Å². The average Bonchev–Trinajstić information content (AvgIpc) is 2.74. The van der Waals surface area contributed by atoms with Gasteiger partial charge in [-0.05, 0) is 19.3 Å². The first-order valence-electron chi connectivity index (χ1n) is 5.64. The molecule has 0 aromatic rings. The summed E-state index contributed by atoms with van der Waals surface area (Å²) in [5.41, 5.74) is 0.0603. The second-order valence-electron chi connectivity index (χ2n) is 4.62. The van der Waals surface area contributed by atoms with Crippen LogP contribution in [0.3, 0.4) is 0 Å². The predicted octanol–water partition coefficient (Wildman–Crippen LogP) is 1.16. The highest BCUT2D eigenvalue weighted by molar-refractivity contribution is 5.76. The van der Waals surface area contributed by atoms with E-state index in [1.807, 2.05) is 11.8 Å². The Hall–Kier alpha value is -0.570. The Morgan fingerprint density at radius 1 is 1.57 bits per heavy atom. The quantitative estimate of drug-likeness (QED) is 0.721. The highest BCUT2D eigenvalue weighted by Gasteiger charge is 2.50. The van der Waals surface area contributed by atoms with Gasteiger partial charge in [0.25, 0.3) is 0 Å². The zero-order valence-electron chi connectivity index (χ0n) is 8.83. The molecular weight excluding hydrogens is 178 g/mol. The number of carbonyl (C=O) groups is 1. The third-order valence-electron chi connectivity index (χ3n) is 4.02. The molecule has 0 unspecified atom stereocenters. The van der Waals surface area contributed by atoms with E-state index in [-0.39, 0.29) is 17.9 Å². The molecule has 3 nitrogen and oxygen atoms in total. The van der Waals surface area contributed by atoms with E-state index in [0.29, 0.717) is 12.5 Å². The third kappa shape index (κ3) is 1.26. The molecule has 14 heavy (non-hydrogen) atoms. The Bertz CT molecular complexity index is 241. The van der Waals surface area contributed by atoms with E-state index in [0.717, 1.165) is 25.8 Å². The Morgan fingerprint density at radius 3 is 3.00 bits per heavy atom. The van der Waals surface area contributed by atoms with E-state index < -0.39 is 0 Å². The molecular formula is C11H19NO2. The van der Waals surface area contributed by atoms with Gasteiger partial charge < -0.3 is 10.0 Å². The van der Waals surface area contributed by atoms with Crippen LogP contribution in [0, 0.1) is 5.41 Å². The molecule has 0 radical (unpaired) electrons. The van der Waals surface area contributed by atoms with Crippen LogP contribution < -0.4 is 0 Å². The molecule has 3 heteroatoms. The van der Waals surface area contributed by atoms with Crippen LogP contribution in [-0.2, 0) is 4.79 Å². The van der Waals surface area contributed by atoms with Gasteiger partial charge in [0.15, 0.2) is 0 Å². The van der Waals surface area contributed by atoms with Crippen molar-refractivity contribution in [3.63, 3.8) is 0 Å². The minimum absolute atomic E-state index is 0.0603. The van der Waals surface area contributed by atoms with Crippen LogP contribution in [0.5, 0.6) is 0 Å². The van der Waals surface area contributed by atoms with Crippen molar-refractivity contribution in [3.05, 3.63) is 0 Å². The molecule has 2 aliphatic rings. The van der Waals surface area contributed by atoms with Gasteiger partial charge in [0.2, 0.25) is 5.91 Å². The van der Waals surface area contributed by atoms with Crippen LogP contribution in [0.25, 0.3) is 0 Å². The van der Waals surface area contributed by atoms with E-state index in [1.165, 1.54) is 6.42 Å². The maximum Gasteiger partial charge on any atom is 0.222 e. The Balaban J connectivity index is 2.15. The summed E-state index contributed by atoms with van der Waals surface area (Å²) in [6.45, 7) is 3.03. The molecule has 1 saturated carbocycles. The number of carbonyl (C=O) groups excluding carboxylic acids is 1. The lowest BCUT2D eigenvalue weighted by Crippen LogP contribution is -2.40. The summed E-state index contributed by atoms with van der Waals surface area (Å²) in [4.78, 5) is 13.7. The second kappa shape index (κ2) is 3.54. The van der Waals surface area contributed by atoms with E-state index in [2.05, 4.69) is 0 Å². The van der Waals surface area contributed by atoms with Gasteiger partial charge in [-0.1, -0.05) is 13.3 Å². The topological polar surface area (TPSA) is 40.5 Å². The average molecular weight is 197 g/mol. The van der Waals surface area contributed by atoms with Gasteiger partial charge in [-0.3, -0.25) is 4.79 Å². The fraction of sp³-hybridized carbons (Fsp3) is 0.909. The summed E-state index contributed by atoms with van der Waals surface area (Å²) in [7, 11) is 0. The molecule has 80 valence electrons. The molecule has 0 spiro atoms. The van der Waals surface area contributed by atoms with Crippen LogP contribution in [-0.4, -0.2) is 35.1 Å². The molecule has 1 aliphatic heterocycles. The summed E-state index contributed by atoms with van der Waals surface area (Å²) in [5.74, 6) is 0.257. The van der Waals surface area contributed by atoms with Crippen molar-refractivity contribution in [1.29, 1.82) is 0 Å². The second-order valence-corrected chi connectivity index (χ2v) is 4.62. The summed E-state index contributed by atoms with van der Waals surface area (Å²) in [6.07, 6.45) is 4.95. The molecule has 1 saturated heterocycles. The number of rotatable bonds is 2. The lowest BCUT2D eigenvalue weighted by atomic mass is 9.83. The first kappa shape index (κ1) is 9.97. The number of aliphatic hydroxyl groups excluding tert-OH is 1. The van der Waals surface area contributed by atoms with Crippen LogP contribution in [0.15, 0.2) is 0 Å². The van der Waals surface area contributed by atoms with E-state index in [9.17, 15) is 9.90 Å². The predicted molar refractivity (Wildman–Crippen MR) is 53.8 cm³/mol. The molecule has 1 amide bonds. The van der Waals surface area contributed by atoms with Gasteiger partial charge in [-0.15, -0.1) is 0 Å². The minimum atomic E-state index is 0.0603. The number of likely N-dealkylation sites (tertiary alicyclic amines) is 1. The number of hydrogen-bond acceptors (Lipinski definition) is 2. The molecule has 2 atom stereocenters. The summed E-state index contributed by atoms with van der Waals surface area (Å²) in [5, 5.41) is 9.46. The van der Waals surface area contributed by atoms with Crippen LogP contribution in [0.4, 0.5) is 0 Å². The molecule has 0 aromatic heterocycles. The fourth-order valence-corrected chi connectivity index (χ4v) is 3.16. The Kier molecular flexibility index (Phi) is 2.52. The highest BCUT2D eigenvalue weighted by Crippen LogP contribution is 2.48. The van der Waals surface area contributed by atoms with Crippen molar-refractivity contribution in [3.8, 4) is 0 Å². The Morgan fingerprint density at radius 2 is 2.36 bits per heavy atom. The number of aliphatic hydroxyl groups is 1. The zero-order chi connectivity index (χ0) is 10.2.